The summed E-state index contributed by atoms with van der Waals surface area (Å²) in [5.74, 6) is -0.135. The van der Waals surface area contributed by atoms with Gasteiger partial charge in [0.15, 0.2) is 9.84 Å². The molecule has 0 unspecified atom stereocenters. The zero-order valence-corrected chi connectivity index (χ0v) is 13.4. The summed E-state index contributed by atoms with van der Waals surface area (Å²) < 4.78 is 21.8. The van der Waals surface area contributed by atoms with Gasteiger partial charge in [-0.2, -0.15) is 0 Å². The van der Waals surface area contributed by atoms with Crippen molar-refractivity contribution in [2.45, 2.75) is 15.2 Å². The molecule has 0 fully saturated rings. The summed E-state index contributed by atoms with van der Waals surface area (Å²) in [6.07, 6.45) is -1.31. The molecule has 0 aromatic heterocycles. The molecule has 3 nitrogen and oxygen atoms in total. The van der Waals surface area contributed by atoms with Crippen molar-refractivity contribution in [1.29, 1.82) is 0 Å². The number of halogens is 3. The van der Waals surface area contributed by atoms with E-state index in [0.717, 1.165) is 0 Å². The lowest BCUT2D eigenvalue weighted by molar-refractivity contribution is 0.187. The first kappa shape index (κ1) is 15.5. The molecular formula is C10H11Cl2IO3S. The molecule has 7 heteroatoms. The average Bonchev–Trinajstić information content (AvgIpc) is 2.28. The number of hydrogen-bond donors (Lipinski definition) is 1. The van der Waals surface area contributed by atoms with Gasteiger partial charge in [0.1, 0.15) is 6.10 Å². The number of aliphatic hydroxyl groups excluding tert-OH is 1. The molecule has 1 aromatic carbocycles. The maximum atomic E-state index is 11.8. The predicted octanol–water partition coefficient (Wildman–Crippen LogP) is 3.14. The fourth-order valence-electron chi connectivity index (χ4n) is 1.20. The summed E-state index contributed by atoms with van der Waals surface area (Å²) in [4.78, 5) is 0. The van der Waals surface area contributed by atoms with E-state index in [1.807, 2.05) is 0 Å². The molecule has 1 aromatic rings. The standard InChI is InChI=1S/C10H11Cl2IO3S/c1-2-17(15,16)10(12,13)9(14)7-3-5-8(11)6-4-7/h3-6,9,14H,2H2,1H3/t9-,10+/m1/s1. The predicted molar refractivity (Wildman–Crippen MR) is 78.5 cm³/mol. The first-order valence-electron chi connectivity index (χ1n) is 4.76. The molecule has 0 spiro atoms. The van der Waals surface area contributed by atoms with Crippen molar-refractivity contribution in [1.82, 2.24) is 0 Å². The Balaban J connectivity index is 3.12. The molecule has 0 bridgehead atoms. The van der Waals surface area contributed by atoms with Gasteiger partial charge >= 0.3 is 0 Å². The number of aliphatic hydroxyl groups is 1. The van der Waals surface area contributed by atoms with Crippen molar-refractivity contribution in [2.24, 2.45) is 0 Å². The third kappa shape index (κ3) is 3.26. The lowest BCUT2D eigenvalue weighted by atomic mass is 10.1. The second-order valence-electron chi connectivity index (χ2n) is 3.42. The summed E-state index contributed by atoms with van der Waals surface area (Å²) in [7, 11) is -3.59. The van der Waals surface area contributed by atoms with Crippen LogP contribution in [0.3, 0.4) is 0 Å². The maximum Gasteiger partial charge on any atom is 0.225 e. The van der Waals surface area contributed by atoms with E-state index in [4.69, 9.17) is 23.2 Å². The van der Waals surface area contributed by atoms with Gasteiger partial charge in [-0.3, -0.25) is 0 Å². The summed E-state index contributed by atoms with van der Waals surface area (Å²) >= 11 is 13.2. The van der Waals surface area contributed by atoms with Crippen molar-refractivity contribution in [3.05, 3.63) is 34.9 Å². The Bertz CT molecular complexity index is 485. The van der Waals surface area contributed by atoms with Crippen LogP contribution in [0.2, 0.25) is 5.02 Å². The van der Waals surface area contributed by atoms with Crippen molar-refractivity contribution in [2.75, 3.05) is 5.75 Å². The van der Waals surface area contributed by atoms with Gasteiger partial charge in [-0.15, -0.1) is 0 Å². The monoisotopic (exact) mass is 408 g/mol. The lowest BCUT2D eigenvalue weighted by Crippen LogP contribution is -2.34. The van der Waals surface area contributed by atoms with Crippen molar-refractivity contribution in [3.63, 3.8) is 0 Å². The third-order valence-corrected chi connectivity index (χ3v) is 7.88. The highest BCUT2D eigenvalue weighted by atomic mass is 127. The number of sulfone groups is 1. The molecule has 0 aliphatic carbocycles. The van der Waals surface area contributed by atoms with E-state index in [2.05, 4.69) is 0 Å². The van der Waals surface area contributed by atoms with E-state index < -0.39 is 18.2 Å². The number of benzene rings is 1. The molecule has 96 valence electrons. The largest absolute Gasteiger partial charge is 0.385 e. The number of rotatable bonds is 4. The smallest absolute Gasteiger partial charge is 0.225 e. The van der Waals surface area contributed by atoms with Crippen LogP contribution >= 0.6 is 45.8 Å². The Morgan fingerprint density at radius 1 is 1.41 bits per heavy atom. The average molecular weight is 409 g/mol. The molecule has 0 saturated heterocycles. The van der Waals surface area contributed by atoms with Crippen molar-refractivity contribution >= 4 is 55.6 Å². The lowest BCUT2D eigenvalue weighted by Gasteiger charge is -2.25. The Labute approximate surface area is 124 Å². The Kier molecular flexibility index (Phi) is 5.11. The van der Waals surface area contributed by atoms with Crippen LogP contribution in [0, 0.1) is 0 Å². The van der Waals surface area contributed by atoms with Gasteiger partial charge in [0.25, 0.3) is 0 Å². The molecule has 0 heterocycles. The van der Waals surface area contributed by atoms with Gasteiger partial charge in [0.05, 0.1) is 5.75 Å². The second kappa shape index (κ2) is 5.61. The molecule has 1 N–H and O–H groups in total. The van der Waals surface area contributed by atoms with Crippen LogP contribution in [0.25, 0.3) is 0 Å². The Morgan fingerprint density at radius 3 is 2.29 bits per heavy atom. The zero-order valence-electron chi connectivity index (χ0n) is 8.90. The van der Waals surface area contributed by atoms with Gasteiger partial charge in [0, 0.05) is 5.02 Å². The van der Waals surface area contributed by atoms with Crippen molar-refractivity contribution < 1.29 is 13.5 Å². The second-order valence-corrected chi connectivity index (χ2v) is 10.2. The Hall–Kier alpha value is 0.440. The SMILES string of the molecule is CCS(=O)(=O)[C@@](Cl)(I)[C@H](O)c1ccc(Cl)cc1. The molecule has 0 aliphatic rings. The topological polar surface area (TPSA) is 54.4 Å². The highest BCUT2D eigenvalue weighted by Gasteiger charge is 2.45. The molecule has 0 aliphatic heterocycles. The van der Waals surface area contributed by atoms with E-state index in [0.29, 0.717) is 10.6 Å². The highest BCUT2D eigenvalue weighted by Crippen LogP contribution is 2.43. The number of alkyl halides is 2. The van der Waals surface area contributed by atoms with Gasteiger partial charge in [-0.05, 0) is 40.3 Å². The minimum atomic E-state index is -3.59. The molecule has 0 saturated carbocycles. The fraction of sp³-hybridized carbons (Fsp3) is 0.400. The summed E-state index contributed by atoms with van der Waals surface area (Å²) in [6, 6.07) is 6.24. The van der Waals surface area contributed by atoms with Gasteiger partial charge < -0.3 is 5.11 Å². The van der Waals surface area contributed by atoms with Gasteiger partial charge in [-0.25, -0.2) is 8.42 Å². The van der Waals surface area contributed by atoms with Crippen LogP contribution in [0.1, 0.15) is 18.6 Å². The normalized spacial score (nSPS) is 17.5. The first-order valence-corrected chi connectivity index (χ1v) is 8.24. The highest BCUT2D eigenvalue weighted by molar-refractivity contribution is 14.1. The molecule has 0 amide bonds. The minimum Gasteiger partial charge on any atom is -0.385 e. The Morgan fingerprint density at radius 2 is 1.88 bits per heavy atom. The molecular weight excluding hydrogens is 398 g/mol. The maximum absolute atomic E-state index is 11.8. The van der Waals surface area contributed by atoms with Crippen LogP contribution < -0.4 is 0 Å². The van der Waals surface area contributed by atoms with Crippen LogP contribution in [-0.4, -0.2) is 21.5 Å². The molecule has 2 atom stereocenters. The minimum absolute atomic E-state index is 0.135. The fourth-order valence-corrected chi connectivity index (χ4v) is 3.94. The van der Waals surface area contributed by atoms with Gasteiger partial charge in [0.2, 0.25) is 2.21 Å². The van der Waals surface area contributed by atoms with Crippen LogP contribution in [0.15, 0.2) is 24.3 Å². The first-order chi connectivity index (χ1) is 7.72. The third-order valence-electron chi connectivity index (χ3n) is 2.30. The quantitative estimate of drug-likeness (QED) is 0.615. The van der Waals surface area contributed by atoms with E-state index in [1.165, 1.54) is 6.92 Å². The summed E-state index contributed by atoms with van der Waals surface area (Å²) in [5, 5.41) is 10.6. The summed E-state index contributed by atoms with van der Waals surface area (Å²) in [5.41, 5.74) is 0.413. The summed E-state index contributed by atoms with van der Waals surface area (Å²) in [6.45, 7) is 1.49. The zero-order chi connectivity index (χ0) is 13.3. The van der Waals surface area contributed by atoms with Crippen LogP contribution in [0.5, 0.6) is 0 Å². The molecule has 1 rings (SSSR count). The molecule has 17 heavy (non-hydrogen) atoms. The molecule has 0 radical (unpaired) electrons. The van der Waals surface area contributed by atoms with E-state index in [-0.39, 0.29) is 5.75 Å². The van der Waals surface area contributed by atoms with Crippen LogP contribution in [-0.2, 0) is 9.84 Å². The van der Waals surface area contributed by atoms with Crippen molar-refractivity contribution in [3.8, 4) is 0 Å². The van der Waals surface area contributed by atoms with E-state index in [9.17, 15) is 13.5 Å². The van der Waals surface area contributed by atoms with E-state index >= 15 is 0 Å². The van der Waals surface area contributed by atoms with E-state index in [1.54, 1.807) is 46.9 Å². The number of hydrogen-bond acceptors (Lipinski definition) is 3. The van der Waals surface area contributed by atoms with Crippen LogP contribution in [0.4, 0.5) is 0 Å². The van der Waals surface area contributed by atoms with Gasteiger partial charge in [-0.1, -0.05) is 42.3 Å².